The molecule has 0 aliphatic rings. The zero-order valence-corrected chi connectivity index (χ0v) is 15.8. The van der Waals surface area contributed by atoms with E-state index in [9.17, 15) is 41.0 Å². The number of carbonyl (C=O) groups excluding carboxylic acids is 1. The Morgan fingerprint density at radius 3 is 1.92 bits per heavy atom. The Hall–Kier alpha value is -1.00. The van der Waals surface area contributed by atoms with Crippen LogP contribution in [0.5, 0.6) is 5.75 Å². The molecule has 5 nitrogen and oxygen atoms in total. The topological polar surface area (TPSA) is 83.8 Å². The Kier molecular flexibility index (Phi) is 6.45. The van der Waals surface area contributed by atoms with E-state index < -0.39 is 47.6 Å². The van der Waals surface area contributed by atoms with E-state index in [2.05, 4.69) is 4.74 Å². The van der Waals surface area contributed by atoms with Crippen LogP contribution >= 0.6 is 45.2 Å². The van der Waals surface area contributed by atoms with Gasteiger partial charge < -0.3 is 14.9 Å². The van der Waals surface area contributed by atoms with Crippen molar-refractivity contribution in [3.8, 4) is 5.75 Å². The van der Waals surface area contributed by atoms with Gasteiger partial charge in [-0.2, -0.15) is 26.3 Å². The van der Waals surface area contributed by atoms with Crippen LogP contribution in [0.25, 0.3) is 0 Å². The lowest BCUT2D eigenvalue weighted by Gasteiger charge is -2.35. The van der Waals surface area contributed by atoms with Crippen molar-refractivity contribution in [2.45, 2.75) is 24.4 Å². The third-order valence-electron chi connectivity index (χ3n) is 2.83. The van der Waals surface area contributed by atoms with Gasteiger partial charge in [0.25, 0.3) is 0 Å². The summed E-state index contributed by atoms with van der Waals surface area (Å²) >= 11 is 3.11. The van der Waals surface area contributed by atoms with Gasteiger partial charge in [-0.1, -0.05) is 0 Å². The molecule has 0 spiro atoms. The molecule has 0 bridgehead atoms. The number of phenols is 1. The molecule has 2 N–H and O–H groups in total. The van der Waals surface area contributed by atoms with E-state index in [4.69, 9.17) is 5.11 Å². The lowest BCUT2D eigenvalue weighted by Crippen LogP contribution is -2.60. The summed E-state index contributed by atoms with van der Waals surface area (Å²) in [4.78, 5) is 22.4. The second kappa shape index (κ2) is 7.32. The molecule has 0 radical (unpaired) electrons. The highest BCUT2D eigenvalue weighted by Crippen LogP contribution is 2.49. The largest absolute Gasteiger partial charge is 0.506 e. The number of halogens is 8. The molecular weight excluding hydrogens is 592 g/mol. The van der Waals surface area contributed by atoms with Crippen molar-refractivity contribution in [1.82, 2.24) is 0 Å². The fourth-order valence-electron chi connectivity index (χ4n) is 1.66. The third-order valence-corrected chi connectivity index (χ3v) is 4.28. The number of carboxylic acids is 1. The van der Waals surface area contributed by atoms with E-state index in [-0.39, 0.29) is 7.14 Å². The minimum absolute atomic E-state index is 0.0284. The minimum atomic E-state index is -6.26. The first-order valence-electron chi connectivity index (χ1n) is 5.89. The van der Waals surface area contributed by atoms with Crippen molar-refractivity contribution in [1.29, 1.82) is 0 Å². The number of aromatic hydroxyl groups is 1. The zero-order valence-electron chi connectivity index (χ0n) is 11.5. The molecule has 0 saturated carbocycles. The molecule has 140 valence electrons. The van der Waals surface area contributed by atoms with Crippen LogP contribution in [0, 0.1) is 7.14 Å². The number of hydrogen-bond donors (Lipinski definition) is 2. The summed E-state index contributed by atoms with van der Waals surface area (Å²) in [5, 5.41) is 18.1. The van der Waals surface area contributed by atoms with E-state index in [0.717, 1.165) is 6.07 Å². The highest BCUT2D eigenvalue weighted by atomic mass is 127. The second-order valence-electron chi connectivity index (χ2n) is 4.57. The molecule has 0 heterocycles. The van der Waals surface area contributed by atoms with Crippen LogP contribution in [-0.2, 0) is 9.53 Å². The summed E-state index contributed by atoms with van der Waals surface area (Å²) in [6, 6.07) is 2.10. The maximum Gasteiger partial charge on any atom is 0.438 e. The summed E-state index contributed by atoms with van der Waals surface area (Å²) in [6.07, 6.45) is -15.1. The van der Waals surface area contributed by atoms with Crippen LogP contribution in [0.1, 0.15) is 16.8 Å². The van der Waals surface area contributed by atoms with Crippen LogP contribution < -0.4 is 0 Å². The second-order valence-corrected chi connectivity index (χ2v) is 6.97. The van der Waals surface area contributed by atoms with Gasteiger partial charge in [-0.05, 0) is 57.3 Å². The minimum Gasteiger partial charge on any atom is -0.506 e. The highest BCUT2D eigenvalue weighted by molar-refractivity contribution is 14.1. The number of ether oxygens (including phenoxy) is 1. The molecule has 1 aromatic rings. The number of carboxylic acid groups (broad SMARTS) is 1. The van der Waals surface area contributed by atoms with Crippen LogP contribution in [0.2, 0.25) is 0 Å². The first-order chi connectivity index (χ1) is 11.1. The standard InChI is InChI=1S/C12H6F6I2O5/c13-11(14,15)10(3-7(21)22,12(16,17)18)25-9(24)5-1-4(19)2-6(20)8(5)23/h1-2,23H,3H2,(H,21,22). The smallest absolute Gasteiger partial charge is 0.438 e. The maximum atomic E-state index is 13.0. The van der Waals surface area contributed by atoms with Crippen molar-refractivity contribution in [2.75, 3.05) is 0 Å². The SMILES string of the molecule is O=C(O)CC(OC(=O)c1cc(I)cc(I)c1O)(C(F)(F)F)C(F)(F)F. The number of rotatable bonds is 4. The predicted molar refractivity (Wildman–Crippen MR) is 86.1 cm³/mol. The van der Waals surface area contributed by atoms with Crippen LogP contribution in [0.4, 0.5) is 26.3 Å². The first-order valence-corrected chi connectivity index (χ1v) is 8.04. The van der Waals surface area contributed by atoms with Gasteiger partial charge in [0.05, 0.1) is 3.57 Å². The Morgan fingerprint density at radius 2 is 1.52 bits per heavy atom. The molecule has 0 aliphatic heterocycles. The van der Waals surface area contributed by atoms with E-state index in [1.807, 2.05) is 0 Å². The fraction of sp³-hybridized carbons (Fsp3) is 0.333. The Labute approximate surface area is 162 Å². The van der Waals surface area contributed by atoms with Crippen LogP contribution in [-0.4, -0.2) is 40.1 Å². The molecule has 0 atom stereocenters. The number of benzene rings is 1. The van der Waals surface area contributed by atoms with Gasteiger partial charge in [0, 0.05) is 3.57 Å². The van der Waals surface area contributed by atoms with Gasteiger partial charge in [-0.25, -0.2) is 4.79 Å². The lowest BCUT2D eigenvalue weighted by atomic mass is 9.97. The van der Waals surface area contributed by atoms with Crippen LogP contribution in [0.15, 0.2) is 12.1 Å². The molecule has 0 amide bonds. The van der Waals surface area contributed by atoms with Crippen molar-refractivity contribution in [3.05, 3.63) is 24.8 Å². The summed E-state index contributed by atoms with van der Waals surface area (Å²) in [7, 11) is 0. The normalized spacial score (nSPS) is 12.8. The molecule has 13 heteroatoms. The van der Waals surface area contributed by atoms with E-state index in [1.165, 1.54) is 28.7 Å². The fourth-order valence-corrected chi connectivity index (χ4v) is 3.51. The number of alkyl halides is 6. The van der Waals surface area contributed by atoms with Gasteiger partial charge in [-0.3, -0.25) is 4.79 Å². The number of carbonyl (C=O) groups is 2. The van der Waals surface area contributed by atoms with Crippen molar-refractivity contribution < 1.29 is 50.9 Å². The quantitative estimate of drug-likeness (QED) is 0.310. The monoisotopic (exact) mass is 598 g/mol. The summed E-state index contributed by atoms with van der Waals surface area (Å²) in [5.41, 5.74) is -6.22. The molecule has 25 heavy (non-hydrogen) atoms. The molecule has 0 fully saturated rings. The number of esters is 1. The molecule has 0 unspecified atom stereocenters. The van der Waals surface area contributed by atoms with Gasteiger partial charge in [0.15, 0.2) is 0 Å². The van der Waals surface area contributed by atoms with E-state index in [0.29, 0.717) is 0 Å². The molecule has 0 aliphatic carbocycles. The first kappa shape index (κ1) is 22.0. The van der Waals surface area contributed by atoms with Gasteiger partial charge >= 0.3 is 29.9 Å². The van der Waals surface area contributed by atoms with Crippen molar-refractivity contribution in [2.24, 2.45) is 0 Å². The maximum absolute atomic E-state index is 13.0. The van der Waals surface area contributed by atoms with Crippen molar-refractivity contribution in [3.63, 3.8) is 0 Å². The average Bonchev–Trinajstić information content (AvgIpc) is 2.38. The van der Waals surface area contributed by atoms with Gasteiger partial charge in [-0.15, -0.1) is 0 Å². The highest BCUT2D eigenvalue weighted by Gasteiger charge is 2.75. The molecule has 1 aromatic carbocycles. The number of phenolic OH excluding ortho intramolecular Hbond substituents is 1. The van der Waals surface area contributed by atoms with E-state index in [1.54, 1.807) is 22.6 Å². The summed E-state index contributed by atoms with van der Waals surface area (Å²) in [6.45, 7) is 0. The van der Waals surface area contributed by atoms with E-state index >= 15 is 0 Å². The predicted octanol–water partition coefficient (Wildman–Crippen LogP) is 4.10. The zero-order chi connectivity index (χ0) is 19.8. The number of aliphatic carboxylic acids is 1. The number of hydrogen-bond acceptors (Lipinski definition) is 4. The molecular formula is C12H6F6I2O5. The molecule has 0 saturated heterocycles. The van der Waals surface area contributed by atoms with Gasteiger partial charge in [0.1, 0.15) is 17.7 Å². The summed E-state index contributed by atoms with van der Waals surface area (Å²) in [5.74, 6) is -5.53. The van der Waals surface area contributed by atoms with Crippen LogP contribution in [0.3, 0.4) is 0 Å². The average molecular weight is 598 g/mol. The third kappa shape index (κ3) is 4.59. The molecule has 1 rings (SSSR count). The Morgan fingerprint density at radius 1 is 1.04 bits per heavy atom. The Balaban J connectivity index is 3.50. The van der Waals surface area contributed by atoms with Crippen molar-refractivity contribution >= 4 is 57.1 Å². The molecule has 0 aromatic heterocycles. The Bertz CT molecular complexity index is 686. The lowest BCUT2D eigenvalue weighted by molar-refractivity contribution is -0.365. The summed E-state index contributed by atoms with van der Waals surface area (Å²) < 4.78 is 82.1. The van der Waals surface area contributed by atoms with Gasteiger partial charge in [0.2, 0.25) is 0 Å².